The molecule has 0 saturated carbocycles. The maximum absolute atomic E-state index is 4.27. The molecular formula is C15H15NS. The first-order chi connectivity index (χ1) is 8.24. The van der Waals surface area contributed by atoms with Gasteiger partial charge < -0.3 is 0 Å². The number of aromatic nitrogens is 1. The molecule has 2 aromatic rings. The van der Waals surface area contributed by atoms with Crippen LogP contribution >= 0.6 is 11.3 Å². The largest absolute Gasteiger partial charge is 0.245 e. The molecule has 0 aliphatic rings. The fraction of sp³-hybridized carbons (Fsp3) is 0.133. The average molecular weight is 241 g/mol. The summed E-state index contributed by atoms with van der Waals surface area (Å²) >= 11 is 1.70. The van der Waals surface area contributed by atoms with Crippen LogP contribution in [0.2, 0.25) is 0 Å². The number of benzene rings is 1. The smallest absolute Gasteiger partial charge is 0.116 e. The van der Waals surface area contributed by atoms with Crippen LogP contribution in [0.3, 0.4) is 0 Å². The molecular weight excluding hydrogens is 226 g/mol. The second kappa shape index (κ2) is 5.60. The van der Waals surface area contributed by atoms with Crippen LogP contribution in [0, 0.1) is 13.8 Å². The fourth-order valence-corrected chi connectivity index (χ4v) is 2.12. The summed E-state index contributed by atoms with van der Waals surface area (Å²) in [5.41, 5.74) is 2.51. The maximum Gasteiger partial charge on any atom is 0.116 e. The van der Waals surface area contributed by atoms with E-state index in [1.54, 1.807) is 11.3 Å². The Bertz CT molecular complexity index is 532. The molecule has 1 aromatic carbocycles. The number of thiazole rings is 1. The first-order valence-electron chi connectivity index (χ1n) is 5.58. The summed E-state index contributed by atoms with van der Waals surface area (Å²) in [6.07, 6.45) is 10.1. The standard InChI is InChI=1S/C15H15NS/c1-12-7-9-14(10-8-12)5-3-4-6-15-16-11-13(2)17-15/h3-11H,1-2H3/b5-3+,6-4+. The molecule has 0 spiro atoms. The SMILES string of the molecule is Cc1ccc(/C=C/C=C/c2ncc(C)s2)cc1. The number of nitrogens with zero attached hydrogens (tertiary/aromatic N) is 1. The van der Waals surface area contributed by atoms with Crippen molar-refractivity contribution >= 4 is 23.5 Å². The monoisotopic (exact) mass is 241 g/mol. The number of aryl methyl sites for hydroxylation is 2. The van der Waals surface area contributed by atoms with E-state index in [1.807, 2.05) is 24.4 Å². The van der Waals surface area contributed by atoms with Crippen molar-refractivity contribution in [2.45, 2.75) is 13.8 Å². The molecule has 17 heavy (non-hydrogen) atoms. The molecule has 0 saturated heterocycles. The Hall–Kier alpha value is -1.67. The van der Waals surface area contributed by atoms with Crippen LogP contribution in [0.5, 0.6) is 0 Å². The van der Waals surface area contributed by atoms with Crippen molar-refractivity contribution in [2.24, 2.45) is 0 Å². The summed E-state index contributed by atoms with van der Waals surface area (Å²) in [6.45, 7) is 4.16. The van der Waals surface area contributed by atoms with Crippen LogP contribution in [0.15, 0.2) is 42.6 Å². The Morgan fingerprint density at radius 1 is 1.00 bits per heavy atom. The third-order valence-corrected chi connectivity index (χ3v) is 3.23. The van der Waals surface area contributed by atoms with Crippen LogP contribution in [0.1, 0.15) is 21.0 Å². The summed E-state index contributed by atoms with van der Waals surface area (Å²) in [5.74, 6) is 0. The average Bonchev–Trinajstić information content (AvgIpc) is 2.73. The third kappa shape index (κ3) is 3.68. The van der Waals surface area contributed by atoms with E-state index in [4.69, 9.17) is 0 Å². The van der Waals surface area contributed by atoms with E-state index in [-0.39, 0.29) is 0 Å². The van der Waals surface area contributed by atoms with Gasteiger partial charge in [-0.3, -0.25) is 0 Å². The molecule has 0 radical (unpaired) electrons. The molecule has 0 aliphatic carbocycles. The second-order valence-corrected chi connectivity index (χ2v) is 5.20. The van der Waals surface area contributed by atoms with Gasteiger partial charge in [0.2, 0.25) is 0 Å². The summed E-state index contributed by atoms with van der Waals surface area (Å²) in [7, 11) is 0. The molecule has 1 nitrogen and oxygen atoms in total. The predicted octanol–water partition coefficient (Wildman–Crippen LogP) is 4.49. The predicted molar refractivity (Wildman–Crippen MR) is 76.1 cm³/mol. The number of hydrogen-bond acceptors (Lipinski definition) is 2. The van der Waals surface area contributed by atoms with E-state index in [1.165, 1.54) is 16.0 Å². The minimum absolute atomic E-state index is 1.05. The highest BCUT2D eigenvalue weighted by molar-refractivity contribution is 7.12. The molecule has 0 fully saturated rings. The van der Waals surface area contributed by atoms with Gasteiger partial charge in [0.1, 0.15) is 5.01 Å². The lowest BCUT2D eigenvalue weighted by Crippen LogP contribution is -1.72. The number of rotatable bonds is 3. The van der Waals surface area contributed by atoms with E-state index in [9.17, 15) is 0 Å². The van der Waals surface area contributed by atoms with E-state index < -0.39 is 0 Å². The summed E-state index contributed by atoms with van der Waals surface area (Å²) in [4.78, 5) is 5.51. The van der Waals surface area contributed by atoms with Crippen LogP contribution in [-0.4, -0.2) is 4.98 Å². The van der Waals surface area contributed by atoms with Crippen LogP contribution in [0.4, 0.5) is 0 Å². The lowest BCUT2D eigenvalue weighted by Gasteiger charge is -1.92. The number of allylic oxidation sites excluding steroid dienone is 2. The van der Waals surface area contributed by atoms with Gasteiger partial charge in [-0.25, -0.2) is 4.98 Å². The van der Waals surface area contributed by atoms with Crippen molar-refractivity contribution in [3.63, 3.8) is 0 Å². The van der Waals surface area contributed by atoms with Crippen molar-refractivity contribution in [1.82, 2.24) is 4.98 Å². The van der Waals surface area contributed by atoms with E-state index in [2.05, 4.69) is 49.2 Å². The first kappa shape index (κ1) is 11.8. The molecule has 0 unspecified atom stereocenters. The molecule has 0 atom stereocenters. The lowest BCUT2D eigenvalue weighted by atomic mass is 10.1. The summed E-state index contributed by atoms with van der Waals surface area (Å²) in [5, 5.41) is 1.05. The van der Waals surface area contributed by atoms with Gasteiger partial charge in [-0.2, -0.15) is 0 Å². The number of hydrogen-bond donors (Lipinski definition) is 0. The van der Waals surface area contributed by atoms with Crippen LogP contribution in [0.25, 0.3) is 12.2 Å². The first-order valence-corrected chi connectivity index (χ1v) is 6.39. The highest BCUT2D eigenvalue weighted by Gasteiger charge is 1.91. The normalized spacial score (nSPS) is 11.6. The van der Waals surface area contributed by atoms with Crippen molar-refractivity contribution in [2.75, 3.05) is 0 Å². The molecule has 2 heteroatoms. The molecule has 0 N–H and O–H groups in total. The van der Waals surface area contributed by atoms with Crippen molar-refractivity contribution in [1.29, 1.82) is 0 Å². The van der Waals surface area contributed by atoms with Crippen LogP contribution in [-0.2, 0) is 0 Å². The molecule has 1 heterocycles. The van der Waals surface area contributed by atoms with E-state index in [0.717, 1.165) is 5.01 Å². The molecule has 2 rings (SSSR count). The van der Waals surface area contributed by atoms with Crippen LogP contribution < -0.4 is 0 Å². The zero-order valence-corrected chi connectivity index (χ0v) is 10.9. The van der Waals surface area contributed by atoms with Gasteiger partial charge >= 0.3 is 0 Å². The zero-order chi connectivity index (χ0) is 12.1. The van der Waals surface area contributed by atoms with Gasteiger partial charge in [-0.15, -0.1) is 11.3 Å². The van der Waals surface area contributed by atoms with Crippen molar-refractivity contribution in [3.8, 4) is 0 Å². The fourth-order valence-electron chi connectivity index (χ4n) is 1.43. The topological polar surface area (TPSA) is 12.9 Å². The lowest BCUT2D eigenvalue weighted by molar-refractivity contribution is 1.36. The molecule has 0 bridgehead atoms. The summed E-state index contributed by atoms with van der Waals surface area (Å²) in [6, 6.07) is 8.47. The Kier molecular flexibility index (Phi) is 3.89. The van der Waals surface area contributed by atoms with Gasteiger partial charge in [0.05, 0.1) is 0 Å². The Balaban J connectivity index is 1.97. The minimum Gasteiger partial charge on any atom is -0.245 e. The van der Waals surface area contributed by atoms with Gasteiger partial charge in [-0.1, -0.05) is 48.1 Å². The molecule has 0 aliphatic heterocycles. The second-order valence-electron chi connectivity index (χ2n) is 3.94. The molecule has 1 aromatic heterocycles. The highest BCUT2D eigenvalue weighted by Crippen LogP contribution is 2.12. The highest BCUT2D eigenvalue weighted by atomic mass is 32.1. The Labute approximate surface area is 106 Å². The van der Waals surface area contributed by atoms with Crippen molar-refractivity contribution in [3.05, 3.63) is 63.6 Å². The summed E-state index contributed by atoms with van der Waals surface area (Å²) < 4.78 is 0. The Morgan fingerprint density at radius 3 is 2.35 bits per heavy atom. The molecule has 0 amide bonds. The van der Waals surface area contributed by atoms with Gasteiger partial charge in [0.25, 0.3) is 0 Å². The minimum atomic E-state index is 1.05. The van der Waals surface area contributed by atoms with Crippen molar-refractivity contribution < 1.29 is 0 Å². The quantitative estimate of drug-likeness (QED) is 0.722. The van der Waals surface area contributed by atoms with E-state index >= 15 is 0 Å². The van der Waals surface area contributed by atoms with Gasteiger partial charge in [-0.05, 0) is 25.5 Å². The van der Waals surface area contributed by atoms with Gasteiger partial charge in [0, 0.05) is 11.1 Å². The zero-order valence-electron chi connectivity index (χ0n) is 10.1. The molecule has 86 valence electrons. The van der Waals surface area contributed by atoms with Gasteiger partial charge in [0.15, 0.2) is 0 Å². The maximum atomic E-state index is 4.27. The third-order valence-electron chi connectivity index (χ3n) is 2.36. The Morgan fingerprint density at radius 2 is 1.71 bits per heavy atom. The van der Waals surface area contributed by atoms with E-state index in [0.29, 0.717) is 0 Å².